The van der Waals surface area contributed by atoms with E-state index >= 15 is 0 Å². The van der Waals surface area contributed by atoms with Gasteiger partial charge in [-0.25, -0.2) is 0 Å². The first-order valence-electron chi connectivity index (χ1n) is 8.29. The summed E-state index contributed by atoms with van der Waals surface area (Å²) in [4.78, 5) is 0. The second-order valence-electron chi connectivity index (χ2n) is 7.67. The molecule has 0 aromatic heterocycles. The summed E-state index contributed by atoms with van der Waals surface area (Å²) in [6.45, 7) is 8.59. The van der Waals surface area contributed by atoms with Crippen molar-refractivity contribution in [3.05, 3.63) is 35.9 Å². The van der Waals surface area contributed by atoms with Crippen LogP contribution < -0.4 is 0 Å². The van der Waals surface area contributed by atoms with E-state index in [4.69, 9.17) is 9.31 Å². The second kappa shape index (κ2) is 5.14. The fourth-order valence-electron chi connectivity index (χ4n) is 3.68. The summed E-state index contributed by atoms with van der Waals surface area (Å²) >= 11 is 0. The highest BCUT2D eigenvalue weighted by Gasteiger charge is 2.59. The molecule has 0 atom stereocenters. The minimum atomic E-state index is -0.253. The van der Waals surface area contributed by atoms with Gasteiger partial charge in [0.1, 0.15) is 0 Å². The van der Waals surface area contributed by atoms with Crippen molar-refractivity contribution >= 4 is 7.12 Å². The fraction of sp³-hybridized carbons (Fsp3) is 0.667. The molecule has 1 aromatic rings. The Kier molecular flexibility index (Phi) is 3.70. The summed E-state index contributed by atoms with van der Waals surface area (Å²) in [5.74, 6) is 0. The molecule has 0 amide bonds. The Hall–Kier alpha value is -0.795. The van der Waals surface area contributed by atoms with Gasteiger partial charge in [0.2, 0.25) is 0 Å². The predicted octanol–water partition coefficient (Wildman–Crippen LogP) is 4.52. The molecule has 0 radical (unpaired) electrons. The molecular formula is C18H27BO2. The standard InChI is InChI=1S/C18H27BO2/c1-16(2)17(3,4)21-19(20-16)18(13-9-6-10-14-18)15-11-7-5-8-12-15/h5,7-8,11-12H,6,9-10,13-14H2,1-4H3. The first kappa shape index (κ1) is 15.1. The first-order chi connectivity index (χ1) is 9.87. The Labute approximate surface area is 129 Å². The topological polar surface area (TPSA) is 18.5 Å². The highest BCUT2D eigenvalue weighted by molar-refractivity contribution is 6.49. The molecule has 0 N–H and O–H groups in total. The average Bonchev–Trinajstić information content (AvgIpc) is 2.69. The third kappa shape index (κ3) is 2.45. The lowest BCUT2D eigenvalue weighted by Crippen LogP contribution is -2.47. The van der Waals surface area contributed by atoms with Gasteiger partial charge in [-0.2, -0.15) is 0 Å². The summed E-state index contributed by atoms with van der Waals surface area (Å²) in [6, 6.07) is 10.9. The molecule has 2 aliphatic rings. The second-order valence-corrected chi connectivity index (χ2v) is 7.67. The van der Waals surface area contributed by atoms with E-state index in [2.05, 4.69) is 58.0 Å². The van der Waals surface area contributed by atoms with Gasteiger partial charge in [-0.1, -0.05) is 49.6 Å². The molecule has 0 bridgehead atoms. The van der Waals surface area contributed by atoms with Crippen molar-refractivity contribution < 1.29 is 9.31 Å². The summed E-state index contributed by atoms with van der Waals surface area (Å²) in [5.41, 5.74) is 0.872. The molecule has 1 aliphatic heterocycles. The maximum absolute atomic E-state index is 6.44. The van der Waals surface area contributed by atoms with Crippen LogP contribution in [0.15, 0.2) is 30.3 Å². The first-order valence-corrected chi connectivity index (χ1v) is 8.29. The molecule has 3 rings (SSSR count). The molecule has 1 saturated heterocycles. The van der Waals surface area contributed by atoms with E-state index in [1.807, 2.05) is 0 Å². The molecule has 2 nitrogen and oxygen atoms in total. The summed E-state index contributed by atoms with van der Waals surface area (Å²) in [5, 5.41) is 0.0184. The quantitative estimate of drug-likeness (QED) is 0.744. The lowest BCUT2D eigenvalue weighted by atomic mass is 9.48. The molecule has 1 aliphatic carbocycles. The number of benzene rings is 1. The largest absolute Gasteiger partial charge is 0.469 e. The fourth-order valence-corrected chi connectivity index (χ4v) is 3.68. The van der Waals surface area contributed by atoms with Crippen LogP contribution in [0.25, 0.3) is 0 Å². The van der Waals surface area contributed by atoms with Crippen LogP contribution in [0.5, 0.6) is 0 Å². The molecule has 21 heavy (non-hydrogen) atoms. The van der Waals surface area contributed by atoms with Crippen molar-refractivity contribution in [1.82, 2.24) is 0 Å². The van der Waals surface area contributed by atoms with Gasteiger partial charge < -0.3 is 9.31 Å². The van der Waals surface area contributed by atoms with Gasteiger partial charge in [-0.3, -0.25) is 0 Å². The van der Waals surface area contributed by atoms with Gasteiger partial charge in [-0.05, 0) is 46.1 Å². The summed E-state index contributed by atoms with van der Waals surface area (Å²) in [7, 11) is -0.134. The van der Waals surface area contributed by atoms with Crippen LogP contribution in [0.4, 0.5) is 0 Å². The maximum atomic E-state index is 6.44. The minimum absolute atomic E-state index is 0.0184. The molecule has 0 spiro atoms. The van der Waals surface area contributed by atoms with E-state index in [0.29, 0.717) is 0 Å². The van der Waals surface area contributed by atoms with E-state index in [9.17, 15) is 0 Å². The highest BCUT2D eigenvalue weighted by Crippen LogP contribution is 2.49. The zero-order valence-corrected chi connectivity index (χ0v) is 13.8. The Morgan fingerprint density at radius 2 is 1.33 bits per heavy atom. The van der Waals surface area contributed by atoms with Crippen LogP contribution in [0.2, 0.25) is 0 Å². The van der Waals surface area contributed by atoms with Crippen molar-refractivity contribution in [2.24, 2.45) is 0 Å². The maximum Gasteiger partial charge on any atom is 0.469 e. The van der Waals surface area contributed by atoms with Crippen LogP contribution in [0.1, 0.15) is 65.4 Å². The molecule has 1 saturated carbocycles. The molecule has 0 unspecified atom stereocenters. The lowest BCUT2D eigenvalue weighted by Gasteiger charge is -2.39. The molecule has 1 aromatic carbocycles. The van der Waals surface area contributed by atoms with Crippen molar-refractivity contribution in [2.45, 2.75) is 76.3 Å². The molecule has 2 fully saturated rings. The van der Waals surface area contributed by atoms with E-state index in [-0.39, 0.29) is 23.6 Å². The van der Waals surface area contributed by atoms with Gasteiger partial charge in [-0.15, -0.1) is 0 Å². The Morgan fingerprint density at radius 1 is 0.810 bits per heavy atom. The Balaban J connectivity index is 1.98. The lowest BCUT2D eigenvalue weighted by molar-refractivity contribution is 0.00578. The van der Waals surface area contributed by atoms with E-state index in [0.717, 1.165) is 12.8 Å². The molecular weight excluding hydrogens is 259 g/mol. The number of rotatable bonds is 2. The van der Waals surface area contributed by atoms with Crippen molar-refractivity contribution in [3.63, 3.8) is 0 Å². The van der Waals surface area contributed by atoms with Crippen molar-refractivity contribution in [3.8, 4) is 0 Å². The van der Waals surface area contributed by atoms with Crippen LogP contribution in [-0.2, 0) is 14.6 Å². The number of hydrogen-bond donors (Lipinski definition) is 0. The zero-order chi connectivity index (χ0) is 15.1. The molecule has 3 heteroatoms. The van der Waals surface area contributed by atoms with Crippen LogP contribution in [0, 0.1) is 0 Å². The summed E-state index contributed by atoms with van der Waals surface area (Å²) in [6.07, 6.45) is 6.17. The van der Waals surface area contributed by atoms with Gasteiger partial charge in [0, 0.05) is 5.31 Å². The third-order valence-electron chi connectivity index (χ3n) is 5.80. The van der Waals surface area contributed by atoms with Crippen LogP contribution >= 0.6 is 0 Å². The van der Waals surface area contributed by atoms with E-state index in [1.54, 1.807) is 0 Å². The summed E-state index contributed by atoms with van der Waals surface area (Å²) < 4.78 is 12.9. The Bertz CT molecular complexity index is 473. The predicted molar refractivity (Wildman–Crippen MR) is 87.3 cm³/mol. The number of hydrogen-bond acceptors (Lipinski definition) is 2. The van der Waals surface area contributed by atoms with E-state index < -0.39 is 0 Å². The van der Waals surface area contributed by atoms with Gasteiger partial charge in [0.25, 0.3) is 0 Å². The zero-order valence-electron chi connectivity index (χ0n) is 13.8. The molecule has 1 heterocycles. The van der Waals surface area contributed by atoms with Crippen molar-refractivity contribution in [1.29, 1.82) is 0 Å². The minimum Gasteiger partial charge on any atom is -0.403 e. The van der Waals surface area contributed by atoms with E-state index in [1.165, 1.54) is 24.8 Å². The van der Waals surface area contributed by atoms with Gasteiger partial charge in [0.15, 0.2) is 0 Å². The van der Waals surface area contributed by atoms with Crippen LogP contribution in [-0.4, -0.2) is 18.3 Å². The van der Waals surface area contributed by atoms with Gasteiger partial charge >= 0.3 is 7.12 Å². The van der Waals surface area contributed by atoms with Crippen LogP contribution in [0.3, 0.4) is 0 Å². The highest BCUT2D eigenvalue weighted by atomic mass is 16.7. The van der Waals surface area contributed by atoms with Gasteiger partial charge in [0.05, 0.1) is 11.2 Å². The normalized spacial score (nSPS) is 26.8. The smallest absolute Gasteiger partial charge is 0.403 e. The SMILES string of the molecule is CC1(C)OB(C2(c3ccccc3)CCCCC2)OC1(C)C. The average molecular weight is 286 g/mol. The Morgan fingerprint density at radius 3 is 1.86 bits per heavy atom. The third-order valence-corrected chi connectivity index (χ3v) is 5.80. The molecule has 114 valence electrons. The van der Waals surface area contributed by atoms with Crippen molar-refractivity contribution in [2.75, 3.05) is 0 Å². The monoisotopic (exact) mass is 286 g/mol.